The average molecular weight is 519 g/mol. The van der Waals surface area contributed by atoms with Crippen LogP contribution in [0.15, 0.2) is 0 Å². The maximum atomic E-state index is 6.08. The molecule has 0 aromatic heterocycles. The van der Waals surface area contributed by atoms with Crippen LogP contribution in [0.1, 0.15) is 12.8 Å². The second-order valence-corrected chi connectivity index (χ2v) is 23.3. The highest BCUT2D eigenvalue weighted by Gasteiger charge is 2.55. The molecule has 0 aliphatic rings. The van der Waals surface area contributed by atoms with Crippen molar-refractivity contribution < 1.29 is 40.1 Å². The molecule has 0 unspecified atom stereocenters. The topological polar surface area (TPSA) is 83.1 Å². The van der Waals surface area contributed by atoms with E-state index in [-0.39, 0.29) is 10.3 Å². The minimum Gasteiger partial charge on any atom is -0.398 e. The molecular weight excluding hydrogens is 473 g/mol. The van der Waals surface area contributed by atoms with Crippen LogP contribution in [0.4, 0.5) is 0 Å². The van der Waals surface area contributed by atoms with E-state index in [1.165, 1.54) is 0 Å². The molecule has 13 heteroatoms. The predicted octanol–water partition coefficient (Wildman–Crippen LogP) is 3.06. The summed E-state index contributed by atoms with van der Waals surface area (Å²) in [5.41, 5.74) is 0. The van der Waals surface area contributed by atoms with Gasteiger partial charge in [0.2, 0.25) is 0 Å². The van der Waals surface area contributed by atoms with Crippen LogP contribution in [0.5, 0.6) is 0 Å². The van der Waals surface area contributed by atoms with E-state index in [4.69, 9.17) is 40.1 Å². The van der Waals surface area contributed by atoms with Gasteiger partial charge in [-0.3, -0.25) is 0 Å². The van der Waals surface area contributed by atoms with E-state index in [0.29, 0.717) is 13.2 Å². The summed E-state index contributed by atoms with van der Waals surface area (Å²) in [7, 11) is 3.51. The number of ether oxygens (including phenoxy) is 1. The molecule has 31 heavy (non-hydrogen) atoms. The minimum absolute atomic E-state index is 0.0379. The second-order valence-electron chi connectivity index (χ2n) is 7.99. The van der Waals surface area contributed by atoms with Gasteiger partial charge in [-0.1, -0.05) is 0 Å². The first kappa shape index (κ1) is 31.5. The van der Waals surface area contributed by atoms with Gasteiger partial charge in [-0.25, -0.2) is 0 Å². The van der Waals surface area contributed by atoms with E-state index in [1.807, 2.05) is 26.2 Å². The quantitative estimate of drug-likeness (QED) is 0.201. The molecule has 0 saturated carbocycles. The Balaban J connectivity index is 5.27. The van der Waals surface area contributed by atoms with E-state index in [9.17, 15) is 0 Å². The lowest BCUT2D eigenvalue weighted by atomic mass is 10.5. The third-order valence-electron chi connectivity index (χ3n) is 6.88. The zero-order valence-electron chi connectivity index (χ0n) is 21.7. The molecule has 0 heterocycles. The lowest BCUT2D eigenvalue weighted by Crippen LogP contribution is -2.57. The van der Waals surface area contributed by atoms with Gasteiger partial charge in [-0.15, -0.1) is 0 Å². The van der Waals surface area contributed by atoms with Crippen LogP contribution >= 0.6 is 0 Å². The predicted molar refractivity (Wildman–Crippen MR) is 130 cm³/mol. The molecule has 9 nitrogen and oxygen atoms in total. The van der Waals surface area contributed by atoms with E-state index in [0.717, 1.165) is 12.8 Å². The minimum atomic E-state index is -2.50. The second kappa shape index (κ2) is 14.0. The summed E-state index contributed by atoms with van der Waals surface area (Å²) in [6.45, 7) is 9.24. The van der Waals surface area contributed by atoms with Gasteiger partial charge in [-0.05, 0) is 39.0 Å². The van der Waals surface area contributed by atoms with Crippen molar-refractivity contribution in [2.45, 2.75) is 49.4 Å². The molecule has 0 radical (unpaired) electrons. The zero-order valence-corrected chi connectivity index (χ0v) is 25.7. The Bertz CT molecular complexity index is 407. The Kier molecular flexibility index (Phi) is 14.3. The largest absolute Gasteiger partial charge is 0.398 e. The molecule has 0 aromatic rings. The van der Waals surface area contributed by atoms with Gasteiger partial charge in [0.25, 0.3) is 0 Å². The summed E-state index contributed by atoms with van der Waals surface area (Å²) in [4.78, 5) is 0. The van der Waals surface area contributed by atoms with Crippen LogP contribution in [-0.2, 0) is 40.1 Å². The highest BCUT2D eigenvalue weighted by Crippen LogP contribution is 2.38. The molecule has 0 atom stereocenters. The highest BCUT2D eigenvalue weighted by molar-refractivity contribution is 6.87. The molecule has 0 amide bonds. The van der Waals surface area contributed by atoms with Gasteiger partial charge in [0, 0.05) is 80.4 Å². The highest BCUT2D eigenvalue weighted by atomic mass is 28.4. The van der Waals surface area contributed by atoms with Crippen molar-refractivity contribution in [3.05, 3.63) is 0 Å². The monoisotopic (exact) mass is 518 g/mol. The Hall–Kier alpha value is 0.508. The lowest BCUT2D eigenvalue weighted by Gasteiger charge is -2.40. The maximum absolute atomic E-state index is 6.08. The first-order valence-electron chi connectivity index (χ1n) is 10.4. The van der Waals surface area contributed by atoms with Crippen molar-refractivity contribution >= 4 is 34.2 Å². The molecule has 0 spiro atoms. The lowest BCUT2D eigenvalue weighted by molar-refractivity contribution is 0.115. The molecule has 0 rings (SSSR count). The molecule has 0 aromatic carbocycles. The SMILES string of the molecule is CO[Si](C)(OC)C(CCOCCC([Si](C)(OC)OC)[Si](C)(OC)OC)[Si](C)(OC)OC. The summed E-state index contributed by atoms with van der Waals surface area (Å²) in [6.07, 6.45) is 1.46. The van der Waals surface area contributed by atoms with Crippen molar-refractivity contribution in [2.24, 2.45) is 0 Å². The van der Waals surface area contributed by atoms with Gasteiger partial charge >= 0.3 is 34.2 Å². The molecule has 0 N–H and O–H groups in total. The maximum Gasteiger partial charge on any atom is 0.339 e. The Morgan fingerprint density at radius 2 is 0.613 bits per heavy atom. The summed E-state index contributed by atoms with van der Waals surface area (Å²) in [5, 5.41) is 0.0759. The molecule has 188 valence electrons. The zero-order chi connectivity index (χ0) is 24.3. The van der Waals surface area contributed by atoms with Crippen LogP contribution in [0.3, 0.4) is 0 Å². The van der Waals surface area contributed by atoms with Gasteiger partial charge in [0.05, 0.1) is 0 Å². The van der Waals surface area contributed by atoms with Gasteiger partial charge in [0.15, 0.2) is 0 Å². The van der Waals surface area contributed by atoms with Gasteiger partial charge in [0.1, 0.15) is 0 Å². The van der Waals surface area contributed by atoms with Crippen molar-refractivity contribution in [1.29, 1.82) is 0 Å². The molecule has 0 saturated heterocycles. The molecule has 0 aliphatic carbocycles. The first-order chi connectivity index (χ1) is 14.5. The molecule has 0 fully saturated rings. The van der Waals surface area contributed by atoms with Gasteiger partial charge in [-0.2, -0.15) is 0 Å². The van der Waals surface area contributed by atoms with Crippen molar-refractivity contribution in [3.63, 3.8) is 0 Å². The van der Waals surface area contributed by atoms with Crippen molar-refractivity contribution in [3.8, 4) is 0 Å². The van der Waals surface area contributed by atoms with Gasteiger partial charge < -0.3 is 40.1 Å². The third kappa shape index (κ3) is 7.76. The summed E-state index contributed by atoms with van der Waals surface area (Å²) < 4.78 is 52.7. The van der Waals surface area contributed by atoms with E-state index >= 15 is 0 Å². The van der Waals surface area contributed by atoms with Crippen LogP contribution in [0.2, 0.25) is 36.5 Å². The smallest absolute Gasteiger partial charge is 0.339 e. The number of hydrogen-bond acceptors (Lipinski definition) is 9. The van der Waals surface area contributed by atoms with Crippen LogP contribution in [0, 0.1) is 0 Å². The van der Waals surface area contributed by atoms with Crippen LogP contribution in [0.25, 0.3) is 0 Å². The van der Waals surface area contributed by atoms with Crippen molar-refractivity contribution in [2.75, 3.05) is 70.1 Å². The van der Waals surface area contributed by atoms with Crippen LogP contribution in [-0.4, -0.2) is 104 Å². The Morgan fingerprint density at radius 1 is 0.419 bits per heavy atom. The normalized spacial score (nSPS) is 14.1. The van der Waals surface area contributed by atoms with Crippen LogP contribution < -0.4 is 0 Å². The summed E-state index contributed by atoms with van der Waals surface area (Å²) in [6, 6.07) is 0. The standard InChI is InChI=1S/C18H46O9Si4/c1-19-28(9,20-2)17(29(10,21-3)22-4)13-15-27-16-14-18(30(11,23-5)24-6)31(12,25-7)26-8/h17-18H,13-16H2,1-12H3. The molecule has 0 bridgehead atoms. The summed E-state index contributed by atoms with van der Waals surface area (Å²) in [5.74, 6) is 0. The molecule has 0 aliphatic heterocycles. The van der Waals surface area contributed by atoms with E-state index < -0.39 is 34.2 Å². The fraction of sp³-hybridized carbons (Fsp3) is 1.00. The third-order valence-corrected chi connectivity index (χ3v) is 25.9. The Labute approximate surface area is 193 Å². The molecular formula is C18H46O9Si4. The summed E-state index contributed by atoms with van der Waals surface area (Å²) >= 11 is 0. The fourth-order valence-corrected chi connectivity index (χ4v) is 19.9. The number of hydrogen-bond donors (Lipinski definition) is 0. The van der Waals surface area contributed by atoms with E-state index in [2.05, 4.69) is 0 Å². The number of rotatable bonds is 18. The first-order valence-corrected chi connectivity index (χ1v) is 20.0. The fourth-order valence-electron chi connectivity index (χ4n) is 3.98. The Morgan fingerprint density at radius 3 is 0.774 bits per heavy atom. The average Bonchev–Trinajstić information content (AvgIpc) is 2.81. The van der Waals surface area contributed by atoms with Crippen molar-refractivity contribution in [1.82, 2.24) is 0 Å². The van der Waals surface area contributed by atoms with E-state index in [1.54, 1.807) is 56.9 Å².